The number of hydrogen-bond acceptors (Lipinski definition) is 1. The first-order valence-corrected chi connectivity index (χ1v) is 10.0. The van der Waals surface area contributed by atoms with Crippen molar-refractivity contribution in [1.82, 2.24) is 9.88 Å². The van der Waals surface area contributed by atoms with E-state index in [1.165, 1.54) is 27.6 Å². The molecule has 2 heteroatoms. The van der Waals surface area contributed by atoms with Crippen LogP contribution in [0.2, 0.25) is 0 Å². The van der Waals surface area contributed by atoms with Gasteiger partial charge < -0.3 is 9.88 Å². The Hall–Kier alpha value is -2.06. The molecule has 1 aromatic heterocycles. The summed E-state index contributed by atoms with van der Waals surface area (Å²) in [6.07, 6.45) is 3.47. The van der Waals surface area contributed by atoms with E-state index in [-0.39, 0.29) is 5.54 Å². The van der Waals surface area contributed by atoms with Crippen molar-refractivity contribution < 1.29 is 0 Å². The van der Waals surface area contributed by atoms with Gasteiger partial charge in [-0.05, 0) is 55.4 Å². The molecule has 0 saturated heterocycles. The number of rotatable bonds is 6. The summed E-state index contributed by atoms with van der Waals surface area (Å²) in [5.41, 5.74) is 5.84. The predicted octanol–water partition coefficient (Wildman–Crippen LogP) is 6.30. The van der Waals surface area contributed by atoms with E-state index in [1.807, 2.05) is 0 Å². The largest absolute Gasteiger partial charge is 0.343 e. The molecule has 27 heavy (non-hydrogen) atoms. The molecule has 0 aliphatic carbocycles. The van der Waals surface area contributed by atoms with Crippen LogP contribution in [0.4, 0.5) is 0 Å². The minimum atomic E-state index is 0.109. The first kappa shape index (κ1) is 19.7. The molecule has 0 amide bonds. The van der Waals surface area contributed by atoms with E-state index < -0.39 is 0 Å². The number of fused-ring (bicyclic) bond motifs is 1. The number of aromatic nitrogens is 1. The third-order valence-electron chi connectivity index (χ3n) is 5.20. The van der Waals surface area contributed by atoms with Gasteiger partial charge in [0.25, 0.3) is 0 Å². The van der Waals surface area contributed by atoms with Crippen molar-refractivity contribution in [2.75, 3.05) is 0 Å². The number of nitrogens with zero attached hydrogens (tertiary/aromatic N) is 1. The van der Waals surface area contributed by atoms with Crippen LogP contribution >= 0.6 is 0 Å². The highest BCUT2D eigenvalue weighted by molar-refractivity contribution is 5.84. The molecule has 0 spiro atoms. The van der Waals surface area contributed by atoms with E-state index in [9.17, 15) is 0 Å². The Morgan fingerprint density at radius 1 is 0.852 bits per heavy atom. The van der Waals surface area contributed by atoms with E-state index in [2.05, 4.69) is 106 Å². The Bertz CT molecular complexity index is 909. The number of nitrogens with one attached hydrogen (secondary N) is 1. The molecule has 0 aliphatic heterocycles. The van der Waals surface area contributed by atoms with E-state index in [0.717, 1.165) is 19.5 Å². The highest BCUT2D eigenvalue weighted by Gasteiger charge is 2.25. The lowest BCUT2D eigenvalue weighted by molar-refractivity contribution is 0.241. The quantitative estimate of drug-likeness (QED) is 0.544. The van der Waals surface area contributed by atoms with Crippen molar-refractivity contribution in [2.45, 2.75) is 66.6 Å². The number of hydrogen-bond donors (Lipinski definition) is 1. The lowest BCUT2D eigenvalue weighted by atomic mass is 9.82. The zero-order valence-corrected chi connectivity index (χ0v) is 17.8. The average molecular weight is 363 g/mol. The van der Waals surface area contributed by atoms with Crippen LogP contribution < -0.4 is 5.32 Å². The molecular formula is C25H34N2. The predicted molar refractivity (Wildman–Crippen MR) is 117 cm³/mol. The van der Waals surface area contributed by atoms with Crippen LogP contribution in [0, 0.1) is 12.3 Å². The maximum atomic E-state index is 3.80. The van der Waals surface area contributed by atoms with E-state index in [0.29, 0.717) is 5.41 Å². The molecule has 0 bridgehead atoms. The van der Waals surface area contributed by atoms with Crippen molar-refractivity contribution in [2.24, 2.45) is 5.41 Å². The summed E-state index contributed by atoms with van der Waals surface area (Å²) in [6.45, 7) is 15.6. The van der Waals surface area contributed by atoms with E-state index in [1.54, 1.807) is 0 Å². The Balaban J connectivity index is 1.86. The van der Waals surface area contributed by atoms with Gasteiger partial charge >= 0.3 is 0 Å². The first-order valence-electron chi connectivity index (χ1n) is 10.0. The smallest absolute Gasteiger partial charge is 0.0486 e. The third-order valence-corrected chi connectivity index (χ3v) is 5.20. The highest BCUT2D eigenvalue weighted by Crippen LogP contribution is 2.28. The summed E-state index contributed by atoms with van der Waals surface area (Å²) in [5, 5.41) is 5.15. The number of para-hydroxylation sites is 1. The van der Waals surface area contributed by atoms with E-state index in [4.69, 9.17) is 0 Å². The second kappa shape index (κ2) is 7.52. The van der Waals surface area contributed by atoms with Crippen LogP contribution in [-0.4, -0.2) is 10.1 Å². The Morgan fingerprint density at radius 2 is 1.52 bits per heavy atom. The fourth-order valence-electron chi connectivity index (χ4n) is 4.29. The lowest BCUT2D eigenvalue weighted by Gasteiger charge is -2.33. The molecule has 144 valence electrons. The van der Waals surface area contributed by atoms with Crippen LogP contribution in [-0.2, 0) is 13.1 Å². The maximum Gasteiger partial charge on any atom is 0.0486 e. The summed E-state index contributed by atoms with van der Waals surface area (Å²) in [5.74, 6) is 0. The Labute approximate surface area is 164 Å². The summed E-state index contributed by atoms with van der Waals surface area (Å²) >= 11 is 0. The zero-order chi connectivity index (χ0) is 19.7. The van der Waals surface area contributed by atoms with Crippen molar-refractivity contribution >= 4 is 10.9 Å². The van der Waals surface area contributed by atoms with Crippen LogP contribution in [0.3, 0.4) is 0 Å². The molecule has 0 atom stereocenters. The van der Waals surface area contributed by atoms with Crippen LogP contribution in [0.25, 0.3) is 10.9 Å². The van der Waals surface area contributed by atoms with Gasteiger partial charge in [0.15, 0.2) is 0 Å². The summed E-state index contributed by atoms with van der Waals surface area (Å²) < 4.78 is 2.39. The van der Waals surface area contributed by atoms with Crippen molar-refractivity contribution in [1.29, 1.82) is 0 Å². The summed E-state index contributed by atoms with van der Waals surface area (Å²) in [6, 6.07) is 17.4. The molecular weight excluding hydrogens is 328 g/mol. The molecule has 0 aliphatic rings. The minimum Gasteiger partial charge on any atom is -0.343 e. The normalized spacial score (nSPS) is 12.7. The molecule has 0 fully saturated rings. The molecule has 0 saturated carbocycles. The van der Waals surface area contributed by atoms with Gasteiger partial charge in [-0.1, -0.05) is 63.2 Å². The standard InChI is InChI=1S/C25H34N2/c1-19-11-7-8-12-20(19)16-27-17-21(22-13-9-10-14-23(22)27)15-26-25(5,6)18-24(2,3)4/h7-14,17,26H,15-16,18H2,1-6H3. The second-order valence-corrected chi connectivity index (χ2v) is 9.70. The molecule has 2 aromatic carbocycles. The topological polar surface area (TPSA) is 17.0 Å². The van der Waals surface area contributed by atoms with Gasteiger partial charge in [-0.2, -0.15) is 0 Å². The van der Waals surface area contributed by atoms with Crippen molar-refractivity contribution in [3.05, 3.63) is 71.4 Å². The van der Waals surface area contributed by atoms with Gasteiger partial charge in [0.05, 0.1) is 0 Å². The van der Waals surface area contributed by atoms with Gasteiger partial charge in [-0.15, -0.1) is 0 Å². The Morgan fingerprint density at radius 3 is 2.22 bits per heavy atom. The minimum absolute atomic E-state index is 0.109. The summed E-state index contributed by atoms with van der Waals surface area (Å²) in [7, 11) is 0. The fourth-order valence-corrected chi connectivity index (χ4v) is 4.29. The van der Waals surface area contributed by atoms with Gasteiger partial charge in [0.1, 0.15) is 0 Å². The molecule has 0 radical (unpaired) electrons. The molecule has 1 N–H and O–H groups in total. The van der Waals surface area contributed by atoms with Gasteiger partial charge in [0.2, 0.25) is 0 Å². The Kier molecular flexibility index (Phi) is 5.48. The number of aryl methyl sites for hydroxylation is 1. The molecule has 2 nitrogen and oxygen atoms in total. The van der Waals surface area contributed by atoms with Crippen molar-refractivity contribution in [3.8, 4) is 0 Å². The molecule has 1 heterocycles. The molecule has 3 rings (SSSR count). The van der Waals surface area contributed by atoms with Crippen LogP contribution in [0.1, 0.15) is 57.7 Å². The van der Waals surface area contributed by atoms with Gasteiger partial charge in [-0.25, -0.2) is 0 Å². The monoisotopic (exact) mass is 362 g/mol. The SMILES string of the molecule is Cc1ccccc1Cn1cc(CNC(C)(C)CC(C)(C)C)c2ccccc21. The third kappa shape index (κ3) is 5.01. The molecule has 0 unspecified atom stereocenters. The van der Waals surface area contributed by atoms with Crippen LogP contribution in [0.15, 0.2) is 54.7 Å². The van der Waals surface area contributed by atoms with Crippen molar-refractivity contribution in [3.63, 3.8) is 0 Å². The lowest BCUT2D eigenvalue weighted by Crippen LogP contribution is -2.41. The van der Waals surface area contributed by atoms with Crippen LogP contribution in [0.5, 0.6) is 0 Å². The zero-order valence-electron chi connectivity index (χ0n) is 17.8. The average Bonchev–Trinajstić information content (AvgIpc) is 2.91. The second-order valence-electron chi connectivity index (χ2n) is 9.70. The number of benzene rings is 2. The van der Waals surface area contributed by atoms with Gasteiger partial charge in [0, 0.05) is 35.7 Å². The fraction of sp³-hybridized carbons (Fsp3) is 0.440. The highest BCUT2D eigenvalue weighted by atomic mass is 15.0. The molecule has 3 aromatic rings. The maximum absolute atomic E-state index is 3.80. The summed E-state index contributed by atoms with van der Waals surface area (Å²) in [4.78, 5) is 0. The first-order chi connectivity index (χ1) is 12.6. The van der Waals surface area contributed by atoms with E-state index >= 15 is 0 Å². The van der Waals surface area contributed by atoms with Gasteiger partial charge in [-0.3, -0.25) is 0 Å².